The van der Waals surface area contributed by atoms with Crippen molar-refractivity contribution in [3.8, 4) is 11.5 Å². The first-order valence-electron chi connectivity index (χ1n) is 32.2. The van der Waals surface area contributed by atoms with Crippen molar-refractivity contribution in [3.63, 3.8) is 0 Å². The Balaban J connectivity index is 1.52. The maximum Gasteiger partial charge on any atom is 0.243 e. The van der Waals surface area contributed by atoms with Crippen molar-refractivity contribution in [2.45, 2.75) is 113 Å². The molecule has 0 radical (unpaired) electrons. The maximum atomic E-state index is 14.7. The number of aromatic hydroxyl groups is 2. The van der Waals surface area contributed by atoms with Gasteiger partial charge in [0.15, 0.2) is 11.9 Å². The molecule has 0 spiro atoms. The number of amides is 12. The van der Waals surface area contributed by atoms with Gasteiger partial charge in [0, 0.05) is 32.4 Å². The third-order valence-corrected chi connectivity index (χ3v) is 16.3. The fourth-order valence-corrected chi connectivity index (χ4v) is 10.6. The Morgan fingerprint density at radius 3 is 1.07 bits per heavy atom. The fourth-order valence-electron chi connectivity index (χ4n) is 9.67. The highest BCUT2D eigenvalue weighted by Gasteiger charge is 2.34. The SMILES string of the molecule is CSCC[C@H](NC(=O)[C@H](Cc1ccccc1)NC(=O)CNC(=O)CNC(=O)[C@H](Cc1ccc(O)cc1)NC(=O)[C@H](CCCN=C(N)N)NC(=O)[C@H](CCCN=C(N)N)NC(=O)[C@H](CCSC)NC(=O)[C@H](Cc1ccccc1)NC(=O)CNC(=O)CNC(=O)[C@@H](N)Cc1ccc(O)cc1)C(N)=O. The van der Waals surface area contributed by atoms with E-state index in [-0.39, 0.29) is 101 Å². The van der Waals surface area contributed by atoms with E-state index >= 15 is 0 Å². The second kappa shape index (κ2) is 45.1. The summed E-state index contributed by atoms with van der Waals surface area (Å²) in [6.07, 6.45) is 3.43. The zero-order chi connectivity index (χ0) is 74.2. The van der Waals surface area contributed by atoms with Crippen LogP contribution in [0.25, 0.3) is 0 Å². The number of hydrogen-bond donors (Lipinski definition) is 19. The highest BCUT2D eigenvalue weighted by molar-refractivity contribution is 7.98. The van der Waals surface area contributed by atoms with Crippen molar-refractivity contribution in [2.24, 2.45) is 44.4 Å². The zero-order valence-electron chi connectivity index (χ0n) is 56.2. The summed E-state index contributed by atoms with van der Waals surface area (Å²) in [6.45, 7) is -2.62. The molecule has 548 valence electrons. The number of nitrogens with one attached hydrogen (secondary N) is 11. The predicted octanol–water partition coefficient (Wildman–Crippen LogP) is -4.35. The van der Waals surface area contributed by atoms with E-state index in [1.807, 2.05) is 6.26 Å². The molecule has 0 unspecified atom stereocenters. The summed E-state index contributed by atoms with van der Waals surface area (Å²) in [5, 5.41) is 47.7. The number of hydrogen-bond acceptors (Lipinski definition) is 19. The lowest BCUT2D eigenvalue weighted by atomic mass is 10.0. The second-order valence-corrected chi connectivity index (χ2v) is 25.1. The van der Waals surface area contributed by atoms with Gasteiger partial charge < -0.3 is 103 Å². The Labute approximate surface area is 593 Å². The summed E-state index contributed by atoms with van der Waals surface area (Å²) in [5.74, 6) is -9.59. The van der Waals surface area contributed by atoms with Crippen LogP contribution in [-0.2, 0) is 83.2 Å². The Morgan fingerprint density at radius 2 is 0.683 bits per heavy atom. The molecule has 0 fully saturated rings. The van der Waals surface area contributed by atoms with Crippen LogP contribution in [0, 0.1) is 0 Å². The number of nitrogens with two attached hydrogens (primary N) is 6. The van der Waals surface area contributed by atoms with E-state index in [4.69, 9.17) is 34.4 Å². The Kier molecular flexibility index (Phi) is 36.9. The van der Waals surface area contributed by atoms with Crippen LogP contribution in [0.4, 0.5) is 0 Å². The summed E-state index contributed by atoms with van der Waals surface area (Å²) in [5.41, 5.74) is 36.3. The number of thioether (sulfide) groups is 2. The zero-order valence-corrected chi connectivity index (χ0v) is 57.8. The standard InChI is InChI=1S/C66H93N19O14S2/c1-100-29-25-46(57(68)92)81-63(98)51(32-39-11-5-3-6-12-39)79-55(90)38-76-54(89)36-78-59(94)50(34-42-19-23-44(87)24-20-42)85-61(96)48(16-10-28-74-66(71)72)82-60(95)47(15-9-27-73-65(69)70)83-62(97)49(26-30-101-2)84-64(99)52(33-40-13-7-4-8-14-40)80-56(91)37-75-53(88)35-77-58(93)45(67)31-41-17-21-43(86)22-18-41/h3-8,11-14,17-24,45-52,86-87H,9-10,15-16,25-38,67H2,1-2H3,(H2,68,92)(H,75,88)(H,76,89)(H,77,93)(H,78,94)(H,79,90)(H,80,91)(H,81,98)(H,82,95)(H,83,97)(H,84,99)(H,85,96)(H4,69,70,73)(H4,71,72,74)/t45-,46-,47-,48-,49-,50-,51-,52-/m0/s1. The minimum absolute atomic E-state index is 0.000380. The highest BCUT2D eigenvalue weighted by atomic mass is 32.2. The Hall–Kier alpha value is -10.7. The summed E-state index contributed by atoms with van der Waals surface area (Å²) in [7, 11) is 0. The average Bonchev–Trinajstić information content (AvgIpc) is 0.874. The first kappa shape index (κ1) is 82.7. The van der Waals surface area contributed by atoms with E-state index in [2.05, 4.69) is 68.5 Å². The van der Waals surface area contributed by atoms with Crippen molar-refractivity contribution < 1.29 is 67.7 Å². The van der Waals surface area contributed by atoms with Crippen molar-refractivity contribution in [2.75, 3.05) is 63.3 Å². The van der Waals surface area contributed by atoms with Crippen molar-refractivity contribution in [1.82, 2.24) is 58.5 Å². The Morgan fingerprint density at radius 1 is 0.366 bits per heavy atom. The number of benzene rings is 4. The van der Waals surface area contributed by atoms with Crippen molar-refractivity contribution >= 4 is 106 Å². The van der Waals surface area contributed by atoms with Gasteiger partial charge in [0.1, 0.15) is 53.8 Å². The van der Waals surface area contributed by atoms with E-state index in [0.29, 0.717) is 33.8 Å². The van der Waals surface area contributed by atoms with Crippen LogP contribution in [0.15, 0.2) is 119 Å². The molecule has 25 N–H and O–H groups in total. The van der Waals surface area contributed by atoms with E-state index in [1.165, 1.54) is 59.9 Å². The molecule has 33 nitrogen and oxygen atoms in total. The first-order chi connectivity index (χ1) is 48.2. The molecule has 35 heteroatoms. The molecule has 0 saturated heterocycles. The minimum Gasteiger partial charge on any atom is -0.508 e. The number of phenolic OH excluding ortho intramolecular Hbond substituents is 2. The third kappa shape index (κ3) is 33.2. The molecular formula is C66H93N19O14S2. The number of aliphatic imine (C=N–C) groups is 2. The van der Waals surface area contributed by atoms with Gasteiger partial charge in [0.25, 0.3) is 0 Å². The van der Waals surface area contributed by atoms with Crippen LogP contribution in [0.3, 0.4) is 0 Å². The van der Waals surface area contributed by atoms with Crippen LogP contribution in [0.1, 0.15) is 60.8 Å². The molecule has 101 heavy (non-hydrogen) atoms. The largest absolute Gasteiger partial charge is 0.508 e. The molecule has 0 aliphatic rings. The van der Waals surface area contributed by atoms with E-state index < -0.39 is 145 Å². The van der Waals surface area contributed by atoms with Gasteiger partial charge in [-0.1, -0.05) is 84.9 Å². The van der Waals surface area contributed by atoms with E-state index in [1.54, 1.807) is 79.1 Å². The number of carbonyl (C=O) groups is 12. The number of primary amides is 1. The molecule has 0 bridgehead atoms. The number of carbonyl (C=O) groups excluding carboxylic acids is 12. The van der Waals surface area contributed by atoms with Gasteiger partial charge in [-0.05, 0) is 115 Å². The molecule has 12 amide bonds. The fraction of sp³-hybridized carbons (Fsp3) is 0.424. The number of guanidine groups is 2. The normalized spacial score (nSPS) is 13.1. The van der Waals surface area contributed by atoms with Crippen molar-refractivity contribution in [1.29, 1.82) is 0 Å². The number of phenols is 2. The molecule has 0 saturated carbocycles. The predicted molar refractivity (Wildman–Crippen MR) is 382 cm³/mol. The minimum atomic E-state index is -1.49. The lowest BCUT2D eigenvalue weighted by Crippen LogP contribution is -2.60. The van der Waals surface area contributed by atoms with Crippen LogP contribution in [0.2, 0.25) is 0 Å². The molecule has 0 heterocycles. The molecule has 4 aromatic carbocycles. The topological polar surface area (TPSA) is 558 Å². The molecule has 4 rings (SSSR count). The lowest BCUT2D eigenvalue weighted by Gasteiger charge is -2.27. The maximum absolute atomic E-state index is 14.7. The molecular weight excluding hydrogens is 1350 g/mol. The summed E-state index contributed by atoms with van der Waals surface area (Å²) in [6, 6.07) is 18.6. The van der Waals surface area contributed by atoms with E-state index in [9.17, 15) is 67.7 Å². The van der Waals surface area contributed by atoms with Gasteiger partial charge in [0.2, 0.25) is 70.9 Å². The third-order valence-electron chi connectivity index (χ3n) is 15.0. The second-order valence-electron chi connectivity index (χ2n) is 23.1. The number of rotatable bonds is 45. The summed E-state index contributed by atoms with van der Waals surface area (Å²) < 4.78 is 0. The summed E-state index contributed by atoms with van der Waals surface area (Å²) in [4.78, 5) is 172. The van der Waals surface area contributed by atoms with Gasteiger partial charge in [-0.25, -0.2) is 0 Å². The van der Waals surface area contributed by atoms with Crippen molar-refractivity contribution in [3.05, 3.63) is 131 Å². The van der Waals surface area contributed by atoms with Gasteiger partial charge in [-0.2, -0.15) is 23.5 Å². The van der Waals surface area contributed by atoms with Gasteiger partial charge in [-0.3, -0.25) is 67.5 Å². The molecule has 0 aliphatic carbocycles. The smallest absolute Gasteiger partial charge is 0.243 e. The van der Waals surface area contributed by atoms with Crippen LogP contribution in [0.5, 0.6) is 11.5 Å². The molecule has 4 aromatic rings. The number of nitrogens with zero attached hydrogens (tertiary/aromatic N) is 2. The van der Waals surface area contributed by atoms with Gasteiger partial charge in [0.05, 0.1) is 32.2 Å². The molecule has 0 aromatic heterocycles. The average molecular weight is 1440 g/mol. The monoisotopic (exact) mass is 1440 g/mol. The first-order valence-corrected chi connectivity index (χ1v) is 35.0. The Bertz CT molecular complexity index is 3440. The van der Waals surface area contributed by atoms with Gasteiger partial charge in [-0.15, -0.1) is 0 Å². The molecule has 0 aliphatic heterocycles. The van der Waals surface area contributed by atoms with Crippen LogP contribution in [-0.4, -0.2) is 205 Å². The lowest BCUT2D eigenvalue weighted by molar-refractivity contribution is -0.135. The van der Waals surface area contributed by atoms with Crippen LogP contribution >= 0.6 is 23.5 Å². The van der Waals surface area contributed by atoms with Gasteiger partial charge >= 0.3 is 0 Å². The molecule has 8 atom stereocenters. The van der Waals surface area contributed by atoms with Crippen LogP contribution < -0.4 is 92.9 Å². The highest BCUT2D eigenvalue weighted by Crippen LogP contribution is 2.15. The quantitative estimate of drug-likeness (QED) is 0.0113. The summed E-state index contributed by atoms with van der Waals surface area (Å²) >= 11 is 2.78. The van der Waals surface area contributed by atoms with E-state index in [0.717, 1.165) is 0 Å².